The minimum absolute atomic E-state index is 0.115. The van der Waals surface area contributed by atoms with Gasteiger partial charge in [0.25, 0.3) is 5.91 Å². The van der Waals surface area contributed by atoms with Gasteiger partial charge in [-0.15, -0.1) is 6.58 Å². The molecule has 1 aromatic heterocycles. The molecule has 1 aliphatic rings. The SMILES string of the molecule is C=CCc1ccc(OCC(=O)NC2(c3noc(C)n3)CCCC2)c(OC)c1. The second kappa shape index (κ2) is 8.24. The third-order valence-corrected chi connectivity index (χ3v) is 4.76. The van der Waals surface area contributed by atoms with Crippen LogP contribution in [0.4, 0.5) is 0 Å². The second-order valence-corrected chi connectivity index (χ2v) is 6.74. The van der Waals surface area contributed by atoms with Crippen molar-refractivity contribution in [3.63, 3.8) is 0 Å². The van der Waals surface area contributed by atoms with Crippen molar-refractivity contribution in [1.29, 1.82) is 0 Å². The summed E-state index contributed by atoms with van der Waals surface area (Å²) in [6, 6.07) is 5.62. The Morgan fingerprint density at radius 3 is 2.78 bits per heavy atom. The number of hydrogen-bond acceptors (Lipinski definition) is 6. The summed E-state index contributed by atoms with van der Waals surface area (Å²) in [7, 11) is 1.58. The van der Waals surface area contributed by atoms with Gasteiger partial charge in [-0.05, 0) is 37.0 Å². The van der Waals surface area contributed by atoms with Gasteiger partial charge in [-0.1, -0.05) is 30.1 Å². The monoisotopic (exact) mass is 371 g/mol. The van der Waals surface area contributed by atoms with Crippen LogP contribution in [0.1, 0.15) is 43.0 Å². The number of carbonyl (C=O) groups is 1. The largest absolute Gasteiger partial charge is 0.493 e. The fourth-order valence-corrected chi connectivity index (χ4v) is 3.45. The van der Waals surface area contributed by atoms with Crippen LogP contribution in [0.3, 0.4) is 0 Å². The van der Waals surface area contributed by atoms with Crippen molar-refractivity contribution in [1.82, 2.24) is 15.5 Å². The third-order valence-electron chi connectivity index (χ3n) is 4.76. The Balaban J connectivity index is 1.66. The molecule has 3 rings (SSSR count). The summed E-state index contributed by atoms with van der Waals surface area (Å²) in [6.07, 6.45) is 6.16. The molecule has 27 heavy (non-hydrogen) atoms. The molecule has 1 heterocycles. The van der Waals surface area contributed by atoms with Crippen LogP contribution in [0.5, 0.6) is 11.5 Å². The number of rotatable bonds is 8. The van der Waals surface area contributed by atoms with Crippen LogP contribution >= 0.6 is 0 Å². The molecule has 1 aromatic carbocycles. The zero-order valence-corrected chi connectivity index (χ0v) is 15.8. The lowest BCUT2D eigenvalue weighted by Gasteiger charge is -2.26. The number of aryl methyl sites for hydroxylation is 1. The van der Waals surface area contributed by atoms with Crippen LogP contribution in [-0.4, -0.2) is 29.8 Å². The molecule has 0 bridgehead atoms. The molecule has 0 unspecified atom stereocenters. The first-order valence-electron chi connectivity index (χ1n) is 9.09. The van der Waals surface area contributed by atoms with E-state index in [4.69, 9.17) is 14.0 Å². The van der Waals surface area contributed by atoms with Gasteiger partial charge in [0.15, 0.2) is 23.9 Å². The Morgan fingerprint density at radius 2 is 2.15 bits per heavy atom. The number of methoxy groups -OCH3 is 1. The van der Waals surface area contributed by atoms with E-state index < -0.39 is 5.54 Å². The normalized spacial score (nSPS) is 15.3. The van der Waals surface area contributed by atoms with E-state index in [-0.39, 0.29) is 12.5 Å². The number of allylic oxidation sites excluding steroid dienone is 1. The van der Waals surface area contributed by atoms with Crippen molar-refractivity contribution in [3.05, 3.63) is 48.1 Å². The molecule has 0 aliphatic heterocycles. The van der Waals surface area contributed by atoms with Gasteiger partial charge in [0.05, 0.1) is 7.11 Å². The molecule has 1 N–H and O–H groups in total. The van der Waals surface area contributed by atoms with Crippen molar-refractivity contribution in [2.45, 2.75) is 44.6 Å². The first-order valence-corrected chi connectivity index (χ1v) is 9.09. The quantitative estimate of drug-likeness (QED) is 0.718. The first-order chi connectivity index (χ1) is 13.1. The predicted octanol–water partition coefficient (Wildman–Crippen LogP) is 3.08. The number of hydrogen-bond donors (Lipinski definition) is 1. The Labute approximate surface area is 158 Å². The highest BCUT2D eigenvalue weighted by Crippen LogP contribution is 2.37. The van der Waals surface area contributed by atoms with E-state index in [1.807, 2.05) is 18.2 Å². The molecule has 144 valence electrons. The van der Waals surface area contributed by atoms with Gasteiger partial charge in [0.1, 0.15) is 5.54 Å². The van der Waals surface area contributed by atoms with E-state index in [9.17, 15) is 4.79 Å². The summed E-state index contributed by atoms with van der Waals surface area (Å²) in [6.45, 7) is 5.36. The van der Waals surface area contributed by atoms with Crippen LogP contribution < -0.4 is 14.8 Å². The van der Waals surface area contributed by atoms with E-state index in [1.54, 1.807) is 20.1 Å². The Morgan fingerprint density at radius 1 is 1.37 bits per heavy atom. The van der Waals surface area contributed by atoms with Crippen molar-refractivity contribution >= 4 is 5.91 Å². The summed E-state index contributed by atoms with van der Waals surface area (Å²) in [5.74, 6) is 1.92. The summed E-state index contributed by atoms with van der Waals surface area (Å²) in [5, 5.41) is 7.08. The average molecular weight is 371 g/mol. The van der Waals surface area contributed by atoms with Gasteiger partial charge < -0.3 is 19.3 Å². The Bertz CT molecular complexity index is 809. The number of benzene rings is 1. The lowest BCUT2D eigenvalue weighted by molar-refractivity contribution is -0.125. The molecule has 0 spiro atoms. The van der Waals surface area contributed by atoms with Crippen LogP contribution in [0.2, 0.25) is 0 Å². The summed E-state index contributed by atoms with van der Waals surface area (Å²) in [4.78, 5) is 16.9. The number of amides is 1. The summed E-state index contributed by atoms with van der Waals surface area (Å²) >= 11 is 0. The van der Waals surface area contributed by atoms with Crippen molar-refractivity contribution in [2.75, 3.05) is 13.7 Å². The topological polar surface area (TPSA) is 86.5 Å². The van der Waals surface area contributed by atoms with E-state index in [2.05, 4.69) is 22.0 Å². The molecule has 0 atom stereocenters. The molecule has 2 aromatic rings. The molecule has 1 amide bonds. The van der Waals surface area contributed by atoms with E-state index in [0.717, 1.165) is 37.7 Å². The van der Waals surface area contributed by atoms with E-state index in [1.165, 1.54) is 0 Å². The van der Waals surface area contributed by atoms with Gasteiger partial charge in [-0.3, -0.25) is 4.79 Å². The van der Waals surface area contributed by atoms with Gasteiger partial charge in [0.2, 0.25) is 5.89 Å². The predicted molar refractivity (Wildman–Crippen MR) is 99.7 cm³/mol. The van der Waals surface area contributed by atoms with E-state index in [0.29, 0.717) is 23.2 Å². The highest BCUT2D eigenvalue weighted by Gasteiger charge is 2.41. The molecule has 1 fully saturated rings. The summed E-state index contributed by atoms with van der Waals surface area (Å²) in [5.41, 5.74) is 0.492. The zero-order valence-electron chi connectivity index (χ0n) is 15.8. The number of nitrogens with one attached hydrogen (secondary N) is 1. The summed E-state index contributed by atoms with van der Waals surface area (Å²) < 4.78 is 16.2. The molecule has 0 saturated heterocycles. The fraction of sp³-hybridized carbons (Fsp3) is 0.450. The molecule has 1 saturated carbocycles. The molecular weight excluding hydrogens is 346 g/mol. The smallest absolute Gasteiger partial charge is 0.258 e. The number of nitrogens with zero attached hydrogens (tertiary/aromatic N) is 2. The number of aromatic nitrogens is 2. The Kier molecular flexibility index (Phi) is 5.78. The van der Waals surface area contributed by atoms with Crippen LogP contribution in [-0.2, 0) is 16.8 Å². The van der Waals surface area contributed by atoms with Crippen LogP contribution in [0.25, 0.3) is 0 Å². The lowest BCUT2D eigenvalue weighted by Crippen LogP contribution is -2.46. The minimum atomic E-state index is -0.573. The fourth-order valence-electron chi connectivity index (χ4n) is 3.45. The van der Waals surface area contributed by atoms with Gasteiger partial charge in [-0.25, -0.2) is 0 Å². The standard InChI is InChI=1S/C20H25N3O4/c1-4-7-15-8-9-16(17(12-15)25-3)26-13-18(24)22-20(10-5-6-11-20)19-21-14(2)27-23-19/h4,8-9,12H,1,5-7,10-11,13H2,2-3H3,(H,22,24). The number of ether oxygens (including phenoxy) is 2. The van der Waals surface area contributed by atoms with Crippen LogP contribution in [0.15, 0.2) is 35.4 Å². The van der Waals surface area contributed by atoms with Crippen molar-refractivity contribution in [2.24, 2.45) is 0 Å². The minimum Gasteiger partial charge on any atom is -0.493 e. The van der Waals surface area contributed by atoms with Crippen molar-refractivity contribution in [3.8, 4) is 11.5 Å². The van der Waals surface area contributed by atoms with Crippen LogP contribution in [0, 0.1) is 6.92 Å². The highest BCUT2D eigenvalue weighted by atomic mass is 16.5. The van der Waals surface area contributed by atoms with Crippen molar-refractivity contribution < 1.29 is 18.8 Å². The molecule has 0 radical (unpaired) electrons. The van der Waals surface area contributed by atoms with Gasteiger partial charge in [0, 0.05) is 6.92 Å². The molecule has 7 nitrogen and oxygen atoms in total. The molecule has 7 heteroatoms. The number of carbonyl (C=O) groups excluding carboxylic acids is 1. The molecule has 1 aliphatic carbocycles. The molecular formula is C20H25N3O4. The maximum absolute atomic E-state index is 12.6. The lowest BCUT2D eigenvalue weighted by atomic mass is 9.96. The van der Waals surface area contributed by atoms with Gasteiger partial charge in [-0.2, -0.15) is 4.98 Å². The Hall–Kier alpha value is -2.83. The highest BCUT2D eigenvalue weighted by molar-refractivity contribution is 5.78. The van der Waals surface area contributed by atoms with Gasteiger partial charge >= 0.3 is 0 Å². The first kappa shape index (κ1) is 18.9. The third kappa shape index (κ3) is 4.30. The average Bonchev–Trinajstić information content (AvgIpc) is 3.30. The maximum Gasteiger partial charge on any atom is 0.258 e. The maximum atomic E-state index is 12.6. The van der Waals surface area contributed by atoms with E-state index >= 15 is 0 Å². The second-order valence-electron chi connectivity index (χ2n) is 6.74. The zero-order chi connectivity index (χ0) is 19.3.